The number of benzene rings is 1. The maximum absolute atomic E-state index is 8.17. The Balaban J connectivity index is 2.80. The first-order chi connectivity index (χ1) is 6.36. The van der Waals surface area contributed by atoms with E-state index in [1.807, 2.05) is 18.2 Å². The quantitative estimate of drug-likeness (QED) is 0.376. The molecule has 0 N–H and O–H groups in total. The third-order valence-corrected chi connectivity index (χ3v) is 1.60. The first-order valence-electron chi connectivity index (χ1n) is 4.18. The van der Waals surface area contributed by atoms with Crippen LogP contribution in [0.25, 0.3) is 16.5 Å². The SMILES string of the molecule is CCC=Cc1ccc(N=[N+]=[N-])cc1. The summed E-state index contributed by atoms with van der Waals surface area (Å²) in [7, 11) is 0. The highest BCUT2D eigenvalue weighted by Crippen LogP contribution is 2.13. The predicted octanol–water partition coefficient (Wildman–Crippen LogP) is 4.05. The van der Waals surface area contributed by atoms with Crippen LogP contribution in [-0.4, -0.2) is 0 Å². The Bertz CT molecular complexity index is 332. The van der Waals surface area contributed by atoms with Crippen LogP contribution >= 0.6 is 0 Å². The monoisotopic (exact) mass is 173 g/mol. The second-order valence-corrected chi connectivity index (χ2v) is 2.59. The van der Waals surface area contributed by atoms with Gasteiger partial charge in [-0.3, -0.25) is 0 Å². The molecule has 3 nitrogen and oxygen atoms in total. The summed E-state index contributed by atoms with van der Waals surface area (Å²) >= 11 is 0. The Hall–Kier alpha value is -1.73. The molecule has 66 valence electrons. The van der Waals surface area contributed by atoms with E-state index in [1.54, 1.807) is 12.1 Å². The van der Waals surface area contributed by atoms with E-state index < -0.39 is 0 Å². The van der Waals surface area contributed by atoms with Crippen molar-refractivity contribution in [2.45, 2.75) is 13.3 Å². The van der Waals surface area contributed by atoms with Gasteiger partial charge in [0.05, 0.1) is 0 Å². The van der Waals surface area contributed by atoms with E-state index in [-0.39, 0.29) is 0 Å². The highest BCUT2D eigenvalue weighted by Gasteiger charge is 1.87. The van der Waals surface area contributed by atoms with Gasteiger partial charge in [0.1, 0.15) is 0 Å². The van der Waals surface area contributed by atoms with Crippen molar-refractivity contribution < 1.29 is 0 Å². The summed E-state index contributed by atoms with van der Waals surface area (Å²) in [6.07, 6.45) is 5.15. The number of allylic oxidation sites excluding steroid dienone is 1. The van der Waals surface area contributed by atoms with Crippen molar-refractivity contribution in [1.82, 2.24) is 0 Å². The molecule has 0 heterocycles. The highest BCUT2D eigenvalue weighted by atomic mass is 15.1. The lowest BCUT2D eigenvalue weighted by molar-refractivity contribution is 1.23. The minimum atomic E-state index is 0.649. The predicted molar refractivity (Wildman–Crippen MR) is 54.6 cm³/mol. The molecular formula is C10H11N3. The minimum Gasteiger partial charge on any atom is -0.0842 e. The first kappa shape index (κ1) is 9.36. The van der Waals surface area contributed by atoms with Crippen molar-refractivity contribution in [3.63, 3.8) is 0 Å². The van der Waals surface area contributed by atoms with Crippen LogP contribution in [0.1, 0.15) is 18.9 Å². The smallest absolute Gasteiger partial charge is 0.0375 e. The number of hydrogen-bond donors (Lipinski definition) is 0. The van der Waals surface area contributed by atoms with E-state index >= 15 is 0 Å². The summed E-state index contributed by atoms with van der Waals surface area (Å²) in [6.45, 7) is 2.09. The average Bonchev–Trinajstić information content (AvgIpc) is 2.17. The molecule has 0 saturated heterocycles. The molecule has 0 bridgehead atoms. The zero-order valence-corrected chi connectivity index (χ0v) is 7.51. The second-order valence-electron chi connectivity index (χ2n) is 2.59. The third-order valence-electron chi connectivity index (χ3n) is 1.60. The molecule has 0 amide bonds. The Morgan fingerprint density at radius 2 is 2.08 bits per heavy atom. The van der Waals surface area contributed by atoms with E-state index in [0.29, 0.717) is 5.69 Å². The number of azide groups is 1. The summed E-state index contributed by atoms with van der Waals surface area (Å²) in [5.74, 6) is 0. The van der Waals surface area contributed by atoms with E-state index in [1.165, 1.54) is 0 Å². The summed E-state index contributed by atoms with van der Waals surface area (Å²) < 4.78 is 0. The molecule has 0 saturated carbocycles. The van der Waals surface area contributed by atoms with Gasteiger partial charge in [0, 0.05) is 10.6 Å². The van der Waals surface area contributed by atoms with Crippen LogP contribution in [0.3, 0.4) is 0 Å². The Morgan fingerprint density at radius 1 is 1.38 bits per heavy atom. The maximum Gasteiger partial charge on any atom is 0.0375 e. The molecule has 13 heavy (non-hydrogen) atoms. The second kappa shape index (κ2) is 5.01. The summed E-state index contributed by atoms with van der Waals surface area (Å²) in [6, 6.07) is 7.45. The molecule has 1 aromatic rings. The molecule has 0 aromatic heterocycles. The molecule has 0 spiro atoms. The van der Waals surface area contributed by atoms with Gasteiger partial charge in [-0.05, 0) is 17.5 Å². The van der Waals surface area contributed by atoms with Gasteiger partial charge in [-0.2, -0.15) is 0 Å². The van der Waals surface area contributed by atoms with Crippen LogP contribution in [0.4, 0.5) is 5.69 Å². The summed E-state index contributed by atoms with van der Waals surface area (Å²) in [5.41, 5.74) is 9.95. The first-order valence-corrected chi connectivity index (χ1v) is 4.18. The largest absolute Gasteiger partial charge is 0.0842 e. The molecule has 0 aliphatic heterocycles. The molecule has 0 atom stereocenters. The molecule has 0 radical (unpaired) electrons. The summed E-state index contributed by atoms with van der Waals surface area (Å²) in [4.78, 5) is 2.70. The van der Waals surface area contributed by atoms with Gasteiger partial charge in [0.2, 0.25) is 0 Å². The molecule has 1 rings (SSSR count). The van der Waals surface area contributed by atoms with Gasteiger partial charge in [0.15, 0.2) is 0 Å². The van der Waals surface area contributed by atoms with Crippen LogP contribution in [0.15, 0.2) is 35.5 Å². The van der Waals surface area contributed by atoms with E-state index in [9.17, 15) is 0 Å². The standard InChI is InChI=1S/C10H11N3/c1-2-3-4-9-5-7-10(8-6-9)12-13-11/h3-8H,2H2,1H3. The van der Waals surface area contributed by atoms with E-state index in [4.69, 9.17) is 5.53 Å². The van der Waals surface area contributed by atoms with E-state index in [0.717, 1.165) is 12.0 Å². The van der Waals surface area contributed by atoms with Crippen molar-refractivity contribution in [1.29, 1.82) is 0 Å². The lowest BCUT2D eigenvalue weighted by Gasteiger charge is -1.93. The fourth-order valence-electron chi connectivity index (χ4n) is 0.958. The fourth-order valence-corrected chi connectivity index (χ4v) is 0.958. The zero-order valence-electron chi connectivity index (χ0n) is 7.51. The Morgan fingerprint density at radius 3 is 2.62 bits per heavy atom. The van der Waals surface area contributed by atoms with Crippen molar-refractivity contribution in [2.75, 3.05) is 0 Å². The average molecular weight is 173 g/mol. The van der Waals surface area contributed by atoms with Crippen LogP contribution < -0.4 is 0 Å². The van der Waals surface area contributed by atoms with Gasteiger partial charge in [0.25, 0.3) is 0 Å². The zero-order chi connectivity index (χ0) is 9.52. The third kappa shape index (κ3) is 3.01. The van der Waals surface area contributed by atoms with Gasteiger partial charge < -0.3 is 0 Å². The molecule has 0 fully saturated rings. The molecule has 0 aliphatic rings. The highest BCUT2D eigenvalue weighted by molar-refractivity contribution is 5.52. The number of hydrogen-bond acceptors (Lipinski definition) is 1. The van der Waals surface area contributed by atoms with Crippen LogP contribution in [0.2, 0.25) is 0 Å². The molecular weight excluding hydrogens is 162 g/mol. The van der Waals surface area contributed by atoms with Crippen LogP contribution in [-0.2, 0) is 0 Å². The molecule has 0 aliphatic carbocycles. The topological polar surface area (TPSA) is 48.8 Å². The van der Waals surface area contributed by atoms with Crippen molar-refractivity contribution >= 4 is 11.8 Å². The lowest BCUT2D eigenvalue weighted by atomic mass is 10.2. The molecule has 1 aromatic carbocycles. The van der Waals surface area contributed by atoms with Crippen molar-refractivity contribution in [2.24, 2.45) is 5.11 Å². The van der Waals surface area contributed by atoms with Crippen molar-refractivity contribution in [3.05, 3.63) is 46.3 Å². The number of nitrogens with zero attached hydrogens (tertiary/aromatic N) is 3. The Kier molecular flexibility index (Phi) is 3.61. The van der Waals surface area contributed by atoms with Gasteiger partial charge >= 0.3 is 0 Å². The lowest BCUT2D eigenvalue weighted by Crippen LogP contribution is -1.69. The van der Waals surface area contributed by atoms with Crippen LogP contribution in [0.5, 0.6) is 0 Å². The maximum atomic E-state index is 8.17. The molecule has 3 heteroatoms. The summed E-state index contributed by atoms with van der Waals surface area (Å²) in [5, 5.41) is 3.48. The fraction of sp³-hybridized carbons (Fsp3) is 0.200. The minimum absolute atomic E-state index is 0.649. The van der Waals surface area contributed by atoms with Gasteiger partial charge in [-0.15, -0.1) is 0 Å². The molecule has 0 unspecified atom stereocenters. The van der Waals surface area contributed by atoms with Gasteiger partial charge in [-0.1, -0.05) is 48.5 Å². The van der Waals surface area contributed by atoms with E-state index in [2.05, 4.69) is 23.0 Å². The Labute approximate surface area is 77.3 Å². The van der Waals surface area contributed by atoms with Crippen LogP contribution in [0, 0.1) is 0 Å². The number of rotatable bonds is 3. The van der Waals surface area contributed by atoms with Crippen molar-refractivity contribution in [3.8, 4) is 0 Å². The van der Waals surface area contributed by atoms with Gasteiger partial charge in [-0.25, -0.2) is 0 Å². The normalized spacial score (nSPS) is 9.92.